The van der Waals surface area contributed by atoms with Crippen LogP contribution < -0.4 is 11.1 Å². The normalized spacial score (nSPS) is 17.7. The number of nitrogens with one attached hydrogen (secondary N) is 1. The van der Waals surface area contributed by atoms with Gasteiger partial charge in [0.2, 0.25) is 0 Å². The molecule has 0 aliphatic carbocycles. The van der Waals surface area contributed by atoms with E-state index in [1.54, 1.807) is 4.90 Å². The molecule has 3 N–H and O–H groups in total. The molecule has 1 aliphatic heterocycles. The molecule has 5 nitrogen and oxygen atoms in total. The Balaban J connectivity index is 2.01. The van der Waals surface area contributed by atoms with Gasteiger partial charge in [-0.15, -0.1) is 0 Å². The molecule has 0 saturated carbocycles. The zero-order valence-electron chi connectivity index (χ0n) is 10.9. The first-order valence-electron chi connectivity index (χ1n) is 6.49. The highest BCUT2D eigenvalue weighted by Gasteiger charge is 2.20. The minimum Gasteiger partial charge on any atom is -0.379 e. The Labute approximate surface area is 104 Å². The summed E-state index contributed by atoms with van der Waals surface area (Å²) >= 11 is 0. The van der Waals surface area contributed by atoms with Crippen molar-refractivity contribution in [1.29, 1.82) is 0 Å². The maximum absolute atomic E-state index is 10.9. The third-order valence-corrected chi connectivity index (χ3v) is 3.01. The summed E-state index contributed by atoms with van der Waals surface area (Å²) in [4.78, 5) is 12.6. The lowest BCUT2D eigenvalue weighted by molar-refractivity contribution is 0.0763. The van der Waals surface area contributed by atoms with Crippen molar-refractivity contribution in [3.05, 3.63) is 0 Å². The zero-order valence-corrected chi connectivity index (χ0v) is 10.9. The molecule has 100 valence electrons. The number of likely N-dealkylation sites (tertiary alicyclic amines) is 1. The van der Waals surface area contributed by atoms with Gasteiger partial charge in [0.05, 0.1) is 6.10 Å². The van der Waals surface area contributed by atoms with Gasteiger partial charge >= 0.3 is 6.03 Å². The second kappa shape index (κ2) is 7.50. The molecule has 2 amide bonds. The monoisotopic (exact) mass is 243 g/mol. The number of urea groups is 1. The van der Waals surface area contributed by atoms with E-state index in [2.05, 4.69) is 5.32 Å². The van der Waals surface area contributed by atoms with Crippen LogP contribution in [0.25, 0.3) is 0 Å². The summed E-state index contributed by atoms with van der Waals surface area (Å²) in [6.07, 6.45) is 3.34. The molecule has 1 saturated heterocycles. The number of nitrogens with two attached hydrogens (primary N) is 1. The molecular weight excluding hydrogens is 218 g/mol. The van der Waals surface area contributed by atoms with Crippen molar-refractivity contribution in [2.45, 2.75) is 45.3 Å². The van der Waals surface area contributed by atoms with E-state index in [0.717, 1.165) is 45.5 Å². The second-order valence-electron chi connectivity index (χ2n) is 4.83. The van der Waals surface area contributed by atoms with Crippen LogP contribution >= 0.6 is 0 Å². The van der Waals surface area contributed by atoms with E-state index in [1.807, 2.05) is 13.8 Å². The molecule has 0 atom stereocenters. The van der Waals surface area contributed by atoms with Gasteiger partial charge in [-0.05, 0) is 39.7 Å². The smallest absolute Gasteiger partial charge is 0.314 e. The van der Waals surface area contributed by atoms with Crippen molar-refractivity contribution in [1.82, 2.24) is 10.2 Å². The lowest BCUT2D eigenvalue weighted by atomic mass is 10.1. The van der Waals surface area contributed by atoms with Crippen molar-refractivity contribution in [3.63, 3.8) is 0 Å². The predicted molar refractivity (Wildman–Crippen MR) is 67.9 cm³/mol. The van der Waals surface area contributed by atoms with Crippen LogP contribution in [0.3, 0.4) is 0 Å². The van der Waals surface area contributed by atoms with Crippen molar-refractivity contribution in [2.24, 2.45) is 5.73 Å². The molecule has 0 aromatic carbocycles. The number of nitrogens with zero attached hydrogens (tertiary/aromatic N) is 1. The summed E-state index contributed by atoms with van der Waals surface area (Å²) in [6.45, 7) is 7.43. The number of carbonyl (C=O) groups excluding carboxylic acids is 1. The third-order valence-electron chi connectivity index (χ3n) is 3.01. The van der Waals surface area contributed by atoms with Crippen molar-refractivity contribution >= 4 is 6.03 Å². The van der Waals surface area contributed by atoms with Gasteiger partial charge in [-0.25, -0.2) is 4.79 Å². The molecular formula is C12H25N3O2. The van der Waals surface area contributed by atoms with Crippen LogP contribution in [-0.4, -0.2) is 49.3 Å². The van der Waals surface area contributed by atoms with Crippen molar-refractivity contribution in [3.8, 4) is 0 Å². The number of hydrogen-bond donors (Lipinski definition) is 2. The fourth-order valence-corrected chi connectivity index (χ4v) is 2.00. The lowest BCUT2D eigenvalue weighted by Crippen LogP contribution is -2.47. The van der Waals surface area contributed by atoms with Crippen LogP contribution in [0.4, 0.5) is 4.79 Å². The molecule has 0 unspecified atom stereocenters. The first-order chi connectivity index (χ1) is 8.09. The third kappa shape index (κ3) is 5.89. The summed E-state index contributed by atoms with van der Waals surface area (Å²) in [5.74, 6) is 0. The van der Waals surface area contributed by atoms with Crippen LogP contribution in [0.15, 0.2) is 0 Å². The average Bonchev–Trinajstić information content (AvgIpc) is 2.29. The highest BCUT2D eigenvalue weighted by molar-refractivity contribution is 5.72. The first-order valence-corrected chi connectivity index (χ1v) is 6.49. The first kappa shape index (κ1) is 14.3. The van der Waals surface area contributed by atoms with E-state index in [4.69, 9.17) is 10.5 Å². The fourth-order valence-electron chi connectivity index (χ4n) is 2.00. The quantitative estimate of drug-likeness (QED) is 0.682. The second-order valence-corrected chi connectivity index (χ2v) is 4.83. The molecule has 1 aliphatic rings. The molecule has 5 heteroatoms. The number of carbonyl (C=O) groups is 1. The Morgan fingerprint density at radius 2 is 2.12 bits per heavy atom. The molecule has 0 radical (unpaired) electrons. The minimum absolute atomic E-state index is 0.297. The van der Waals surface area contributed by atoms with E-state index in [1.165, 1.54) is 0 Å². The van der Waals surface area contributed by atoms with E-state index in [9.17, 15) is 4.79 Å². The molecule has 1 fully saturated rings. The van der Waals surface area contributed by atoms with Crippen LogP contribution in [0.2, 0.25) is 0 Å². The number of piperidine rings is 1. The number of ether oxygens (including phenoxy) is 1. The number of rotatable bonds is 6. The summed E-state index contributed by atoms with van der Waals surface area (Å²) in [5, 5.41) is 3.50. The largest absolute Gasteiger partial charge is 0.379 e. The van der Waals surface area contributed by atoms with E-state index in [-0.39, 0.29) is 6.03 Å². The average molecular weight is 243 g/mol. The molecule has 1 rings (SSSR count). The minimum atomic E-state index is -0.297. The van der Waals surface area contributed by atoms with E-state index < -0.39 is 0 Å². The maximum atomic E-state index is 10.9. The van der Waals surface area contributed by atoms with E-state index in [0.29, 0.717) is 12.1 Å². The maximum Gasteiger partial charge on any atom is 0.314 e. The standard InChI is InChI=1S/C12H25N3O2/c1-10(2)17-9-3-6-14-11-4-7-15(8-5-11)12(13)16/h10-11,14H,3-9H2,1-2H3,(H2,13,16). The number of hydrogen-bond acceptors (Lipinski definition) is 3. The van der Waals surface area contributed by atoms with Crippen molar-refractivity contribution < 1.29 is 9.53 Å². The van der Waals surface area contributed by atoms with Gasteiger partial charge < -0.3 is 20.7 Å². The van der Waals surface area contributed by atoms with Gasteiger partial charge in [-0.1, -0.05) is 0 Å². The van der Waals surface area contributed by atoms with Gasteiger partial charge in [0.1, 0.15) is 0 Å². The fraction of sp³-hybridized carbons (Fsp3) is 0.917. The number of primary amides is 1. The highest BCUT2D eigenvalue weighted by atomic mass is 16.5. The Morgan fingerprint density at radius 3 is 2.65 bits per heavy atom. The Kier molecular flexibility index (Phi) is 6.29. The van der Waals surface area contributed by atoms with Gasteiger partial charge in [-0.3, -0.25) is 0 Å². The van der Waals surface area contributed by atoms with Gasteiger partial charge in [0, 0.05) is 25.7 Å². The molecule has 0 bridgehead atoms. The summed E-state index contributed by atoms with van der Waals surface area (Å²) < 4.78 is 5.47. The SMILES string of the molecule is CC(C)OCCCNC1CCN(C(N)=O)CC1. The van der Waals surface area contributed by atoms with E-state index >= 15 is 0 Å². The highest BCUT2D eigenvalue weighted by Crippen LogP contribution is 2.09. The predicted octanol–water partition coefficient (Wildman–Crippen LogP) is 0.934. The summed E-state index contributed by atoms with van der Waals surface area (Å²) in [5.41, 5.74) is 5.23. The summed E-state index contributed by atoms with van der Waals surface area (Å²) in [7, 11) is 0. The van der Waals surface area contributed by atoms with Gasteiger partial charge in [0.15, 0.2) is 0 Å². The molecule has 17 heavy (non-hydrogen) atoms. The van der Waals surface area contributed by atoms with Crippen LogP contribution in [0.1, 0.15) is 33.1 Å². The topological polar surface area (TPSA) is 67.6 Å². The molecule has 1 heterocycles. The van der Waals surface area contributed by atoms with Gasteiger partial charge in [-0.2, -0.15) is 0 Å². The number of amides is 2. The Bertz CT molecular complexity index is 226. The molecule has 0 aromatic heterocycles. The Morgan fingerprint density at radius 1 is 1.47 bits per heavy atom. The summed E-state index contributed by atoms with van der Waals surface area (Å²) in [6, 6.07) is 0.221. The molecule has 0 spiro atoms. The molecule has 0 aromatic rings. The lowest BCUT2D eigenvalue weighted by Gasteiger charge is -2.31. The van der Waals surface area contributed by atoms with Crippen LogP contribution in [0, 0.1) is 0 Å². The Hall–Kier alpha value is -0.810. The van der Waals surface area contributed by atoms with Gasteiger partial charge in [0.25, 0.3) is 0 Å². The van der Waals surface area contributed by atoms with Crippen LogP contribution in [-0.2, 0) is 4.74 Å². The van der Waals surface area contributed by atoms with Crippen molar-refractivity contribution in [2.75, 3.05) is 26.2 Å². The zero-order chi connectivity index (χ0) is 12.7. The van der Waals surface area contributed by atoms with Crippen LogP contribution in [0.5, 0.6) is 0 Å².